The molecule has 4 fully saturated rings. The molecule has 4 aliphatic rings. The standard InChI is InChI=1S/C29H34N/c1-18-9-19(2)20(3)27(10-18)28-26-6-5-25(14-24(26)7-8-30(28)4)29-15-21-11-22(16-29)13-23(12-21)17-29/h5-10,14,21-23H,11-13,15-17H2,1-4H3/q+1. The number of pyridine rings is 1. The lowest BCUT2D eigenvalue weighted by atomic mass is 9.48. The quantitative estimate of drug-likeness (QED) is 0.423. The van der Waals surface area contributed by atoms with Crippen LogP contribution in [0.4, 0.5) is 0 Å². The minimum absolute atomic E-state index is 0.469. The lowest BCUT2D eigenvalue weighted by Crippen LogP contribution is -2.48. The third-order valence-corrected chi connectivity index (χ3v) is 8.85. The van der Waals surface area contributed by atoms with Crippen molar-refractivity contribution in [1.29, 1.82) is 0 Å². The van der Waals surface area contributed by atoms with Gasteiger partial charge in [-0.15, -0.1) is 0 Å². The molecule has 0 atom stereocenters. The zero-order chi connectivity index (χ0) is 20.6. The number of rotatable bonds is 2. The number of fused-ring (bicyclic) bond motifs is 1. The van der Waals surface area contributed by atoms with Gasteiger partial charge in [-0.3, -0.25) is 0 Å². The Morgan fingerprint density at radius 1 is 0.833 bits per heavy atom. The topological polar surface area (TPSA) is 3.88 Å². The number of aromatic nitrogens is 1. The molecule has 0 unspecified atom stereocenters. The van der Waals surface area contributed by atoms with E-state index in [-0.39, 0.29) is 0 Å². The second-order valence-corrected chi connectivity index (χ2v) is 11.0. The van der Waals surface area contributed by atoms with Crippen LogP contribution >= 0.6 is 0 Å². The van der Waals surface area contributed by atoms with Gasteiger partial charge >= 0.3 is 0 Å². The molecule has 0 aliphatic heterocycles. The Morgan fingerprint density at radius 3 is 2.17 bits per heavy atom. The number of aryl methyl sites for hydroxylation is 3. The third kappa shape index (κ3) is 2.70. The molecule has 1 nitrogen and oxygen atoms in total. The average Bonchev–Trinajstić information content (AvgIpc) is 2.69. The van der Waals surface area contributed by atoms with Gasteiger partial charge < -0.3 is 0 Å². The van der Waals surface area contributed by atoms with Gasteiger partial charge in [0.2, 0.25) is 5.69 Å². The Kier molecular flexibility index (Phi) is 3.98. The van der Waals surface area contributed by atoms with Crippen LogP contribution in [-0.4, -0.2) is 0 Å². The number of nitrogens with zero attached hydrogens (tertiary/aromatic N) is 1. The van der Waals surface area contributed by atoms with E-state index in [9.17, 15) is 0 Å². The van der Waals surface area contributed by atoms with Gasteiger partial charge in [0.15, 0.2) is 6.20 Å². The molecule has 1 heterocycles. The molecule has 1 aromatic heterocycles. The molecule has 4 saturated carbocycles. The number of benzene rings is 2. The predicted molar refractivity (Wildman–Crippen MR) is 125 cm³/mol. The fourth-order valence-corrected chi connectivity index (χ4v) is 7.79. The second-order valence-electron chi connectivity index (χ2n) is 11.0. The minimum atomic E-state index is 0.469. The van der Waals surface area contributed by atoms with Gasteiger partial charge in [-0.1, -0.05) is 23.8 Å². The highest BCUT2D eigenvalue weighted by molar-refractivity contribution is 5.94. The van der Waals surface area contributed by atoms with Gasteiger partial charge in [0.25, 0.3) is 0 Å². The van der Waals surface area contributed by atoms with Gasteiger partial charge in [-0.2, -0.15) is 0 Å². The van der Waals surface area contributed by atoms with Crippen LogP contribution in [0.2, 0.25) is 0 Å². The molecular weight excluding hydrogens is 362 g/mol. The minimum Gasteiger partial charge on any atom is -0.200 e. The smallest absolute Gasteiger partial charge is 0.200 e. The van der Waals surface area contributed by atoms with E-state index in [0.29, 0.717) is 5.41 Å². The average molecular weight is 397 g/mol. The molecule has 7 rings (SSSR count). The predicted octanol–water partition coefficient (Wildman–Crippen LogP) is 6.72. The maximum atomic E-state index is 2.56. The molecule has 4 aliphatic carbocycles. The van der Waals surface area contributed by atoms with Crippen LogP contribution in [0, 0.1) is 38.5 Å². The van der Waals surface area contributed by atoms with Crippen molar-refractivity contribution in [1.82, 2.24) is 0 Å². The van der Waals surface area contributed by atoms with Crippen molar-refractivity contribution in [3.8, 4) is 11.3 Å². The van der Waals surface area contributed by atoms with Gasteiger partial charge in [-0.25, -0.2) is 4.57 Å². The molecule has 1 heteroatoms. The van der Waals surface area contributed by atoms with Crippen molar-refractivity contribution >= 4 is 10.8 Å². The summed E-state index contributed by atoms with van der Waals surface area (Å²) in [6.07, 6.45) is 11.1. The van der Waals surface area contributed by atoms with E-state index in [4.69, 9.17) is 0 Å². The summed E-state index contributed by atoms with van der Waals surface area (Å²) in [4.78, 5) is 0. The number of hydrogen-bond acceptors (Lipinski definition) is 0. The van der Waals surface area contributed by atoms with Crippen molar-refractivity contribution in [2.24, 2.45) is 24.8 Å². The van der Waals surface area contributed by atoms with Crippen LogP contribution < -0.4 is 4.57 Å². The molecule has 0 spiro atoms. The fourth-order valence-electron chi connectivity index (χ4n) is 7.79. The largest absolute Gasteiger partial charge is 0.220 e. The monoisotopic (exact) mass is 396 g/mol. The van der Waals surface area contributed by atoms with E-state index in [1.54, 1.807) is 5.56 Å². The summed E-state index contributed by atoms with van der Waals surface area (Å²) in [7, 11) is 2.19. The lowest BCUT2D eigenvalue weighted by Gasteiger charge is -2.57. The van der Waals surface area contributed by atoms with Crippen LogP contribution in [0.15, 0.2) is 42.6 Å². The van der Waals surface area contributed by atoms with Gasteiger partial charge in [-0.05, 0) is 117 Å². The first-order valence-corrected chi connectivity index (χ1v) is 11.9. The van der Waals surface area contributed by atoms with Crippen LogP contribution in [0.5, 0.6) is 0 Å². The van der Waals surface area contributed by atoms with Gasteiger partial charge in [0, 0.05) is 6.07 Å². The van der Waals surface area contributed by atoms with Gasteiger partial charge in [0.05, 0.1) is 10.9 Å². The third-order valence-electron chi connectivity index (χ3n) is 8.85. The zero-order valence-electron chi connectivity index (χ0n) is 19.0. The van der Waals surface area contributed by atoms with Gasteiger partial charge in [0.1, 0.15) is 7.05 Å². The Morgan fingerprint density at radius 2 is 1.50 bits per heavy atom. The van der Waals surface area contributed by atoms with E-state index >= 15 is 0 Å². The van der Waals surface area contributed by atoms with Crippen LogP contribution in [0.3, 0.4) is 0 Å². The lowest BCUT2D eigenvalue weighted by molar-refractivity contribution is -0.659. The summed E-state index contributed by atoms with van der Waals surface area (Å²) in [6, 6.07) is 14.5. The summed E-state index contributed by atoms with van der Waals surface area (Å²) in [5, 5.41) is 2.80. The first-order valence-electron chi connectivity index (χ1n) is 11.9. The van der Waals surface area contributed by atoms with E-state index in [1.807, 2.05) is 0 Å². The maximum absolute atomic E-state index is 2.56. The van der Waals surface area contributed by atoms with E-state index in [1.165, 1.54) is 77.2 Å². The second kappa shape index (κ2) is 6.42. The summed E-state index contributed by atoms with van der Waals surface area (Å²) in [5.74, 6) is 2.98. The Balaban J connectivity index is 1.51. The summed E-state index contributed by atoms with van der Waals surface area (Å²) in [6.45, 7) is 6.72. The van der Waals surface area contributed by atoms with E-state index in [0.717, 1.165) is 17.8 Å². The Labute approximate surface area is 181 Å². The fraction of sp³-hybridized carbons (Fsp3) is 0.483. The molecule has 0 N–H and O–H groups in total. The van der Waals surface area contributed by atoms with Crippen LogP contribution in [0.25, 0.3) is 22.0 Å². The Bertz CT molecular complexity index is 1130. The molecule has 2 aromatic carbocycles. The normalized spacial score (nSPS) is 29.7. The van der Waals surface area contributed by atoms with E-state index in [2.05, 4.69) is 75.0 Å². The number of hydrogen-bond donors (Lipinski definition) is 0. The molecule has 0 radical (unpaired) electrons. The first-order chi connectivity index (χ1) is 14.4. The highest BCUT2D eigenvalue weighted by Crippen LogP contribution is 2.60. The molecule has 0 saturated heterocycles. The van der Waals surface area contributed by atoms with Crippen molar-refractivity contribution < 1.29 is 4.57 Å². The van der Waals surface area contributed by atoms with Crippen molar-refractivity contribution in [2.45, 2.75) is 64.7 Å². The molecule has 154 valence electrons. The molecule has 4 bridgehead atoms. The summed E-state index contributed by atoms with van der Waals surface area (Å²) in [5.41, 5.74) is 8.95. The molecular formula is C29H34N+. The summed E-state index contributed by atoms with van der Waals surface area (Å²) >= 11 is 0. The highest BCUT2D eigenvalue weighted by atomic mass is 14.9. The maximum Gasteiger partial charge on any atom is 0.220 e. The van der Waals surface area contributed by atoms with Crippen molar-refractivity contribution in [3.05, 3.63) is 64.8 Å². The summed E-state index contributed by atoms with van der Waals surface area (Å²) < 4.78 is 2.31. The van der Waals surface area contributed by atoms with Crippen molar-refractivity contribution in [2.75, 3.05) is 0 Å². The molecule has 3 aromatic rings. The van der Waals surface area contributed by atoms with E-state index < -0.39 is 0 Å². The zero-order valence-corrected chi connectivity index (χ0v) is 19.0. The van der Waals surface area contributed by atoms with Crippen LogP contribution in [0.1, 0.15) is 60.8 Å². The molecule has 0 amide bonds. The first kappa shape index (κ1) is 18.6. The van der Waals surface area contributed by atoms with Crippen LogP contribution in [-0.2, 0) is 12.5 Å². The van der Waals surface area contributed by atoms with Crippen molar-refractivity contribution in [3.63, 3.8) is 0 Å². The highest BCUT2D eigenvalue weighted by Gasteiger charge is 2.51. The molecule has 30 heavy (non-hydrogen) atoms. The Hall–Kier alpha value is -2.15. The SMILES string of the molecule is Cc1cc(C)c(C)c(-c2c3ccc(C45CC6CC(CC(C6)C4)C5)cc3cc[n+]2C)c1.